The van der Waals surface area contributed by atoms with Gasteiger partial charge in [-0.25, -0.2) is 0 Å². The first-order valence-electron chi connectivity index (χ1n) is 5.14. The summed E-state index contributed by atoms with van der Waals surface area (Å²) in [5.74, 6) is 0. The van der Waals surface area contributed by atoms with Gasteiger partial charge in [-0.2, -0.15) is 0 Å². The third-order valence-electron chi connectivity index (χ3n) is 3.02. The molecule has 0 spiro atoms. The highest BCUT2D eigenvalue weighted by molar-refractivity contribution is 6.33. The normalized spacial score (nSPS) is 19.4. The molecule has 76 valence electrons. The molecule has 1 aliphatic rings. The second-order valence-corrected chi connectivity index (χ2v) is 4.98. The van der Waals surface area contributed by atoms with Crippen molar-refractivity contribution in [3.63, 3.8) is 0 Å². The molecule has 0 unspecified atom stereocenters. The Morgan fingerprint density at radius 3 is 2.93 bits per heavy atom. The van der Waals surface area contributed by atoms with Gasteiger partial charge in [0, 0.05) is 6.54 Å². The van der Waals surface area contributed by atoms with Crippen LogP contribution in [-0.2, 0) is 5.41 Å². The van der Waals surface area contributed by atoms with E-state index in [9.17, 15) is 0 Å². The molecule has 1 heterocycles. The summed E-state index contributed by atoms with van der Waals surface area (Å²) in [6, 6.07) is 6.17. The molecule has 0 amide bonds. The number of para-hydroxylation sites is 1. The summed E-state index contributed by atoms with van der Waals surface area (Å²) in [6.07, 6.45) is 2.42. The highest BCUT2D eigenvalue weighted by Gasteiger charge is 2.26. The Balaban J connectivity index is 2.56. The summed E-state index contributed by atoms with van der Waals surface area (Å²) >= 11 is 6.18. The van der Waals surface area contributed by atoms with Gasteiger partial charge >= 0.3 is 0 Å². The second kappa shape index (κ2) is 3.47. The summed E-state index contributed by atoms with van der Waals surface area (Å²) in [4.78, 5) is 0. The van der Waals surface area contributed by atoms with Gasteiger partial charge in [-0.05, 0) is 29.9 Å². The fourth-order valence-corrected chi connectivity index (χ4v) is 2.39. The van der Waals surface area contributed by atoms with Crippen molar-refractivity contribution in [2.75, 3.05) is 11.9 Å². The summed E-state index contributed by atoms with van der Waals surface area (Å²) in [6.45, 7) is 5.60. The number of halogens is 1. The van der Waals surface area contributed by atoms with Gasteiger partial charge in [0.25, 0.3) is 0 Å². The maximum absolute atomic E-state index is 6.18. The minimum absolute atomic E-state index is 0.240. The van der Waals surface area contributed by atoms with Gasteiger partial charge in [0.2, 0.25) is 0 Å². The standard InChI is InChI=1S/C12H16ClN/c1-12(2)7-4-8-14-11-9(12)5-3-6-10(11)13/h3,5-6,14H,4,7-8H2,1-2H3. The van der Waals surface area contributed by atoms with Crippen LogP contribution in [0.2, 0.25) is 5.02 Å². The summed E-state index contributed by atoms with van der Waals surface area (Å²) < 4.78 is 0. The van der Waals surface area contributed by atoms with Crippen molar-refractivity contribution in [3.05, 3.63) is 28.8 Å². The maximum atomic E-state index is 6.18. The second-order valence-electron chi connectivity index (χ2n) is 4.58. The fourth-order valence-electron chi connectivity index (χ4n) is 2.15. The van der Waals surface area contributed by atoms with Gasteiger partial charge < -0.3 is 5.32 Å². The van der Waals surface area contributed by atoms with Crippen LogP contribution in [0.25, 0.3) is 0 Å². The molecule has 1 N–H and O–H groups in total. The van der Waals surface area contributed by atoms with Crippen molar-refractivity contribution in [3.8, 4) is 0 Å². The molecule has 0 saturated carbocycles. The molecule has 0 aliphatic carbocycles. The van der Waals surface area contributed by atoms with Gasteiger partial charge in [-0.15, -0.1) is 0 Å². The average molecular weight is 210 g/mol. The van der Waals surface area contributed by atoms with Crippen LogP contribution < -0.4 is 5.32 Å². The van der Waals surface area contributed by atoms with Crippen LogP contribution in [0.15, 0.2) is 18.2 Å². The lowest BCUT2D eigenvalue weighted by Gasteiger charge is -2.25. The molecule has 0 bridgehead atoms. The molecule has 0 fully saturated rings. The monoisotopic (exact) mass is 209 g/mol. The molecule has 0 radical (unpaired) electrons. The summed E-state index contributed by atoms with van der Waals surface area (Å²) in [5.41, 5.74) is 2.73. The Labute approximate surface area is 90.5 Å². The van der Waals surface area contributed by atoms with Crippen LogP contribution >= 0.6 is 11.6 Å². The molecule has 0 atom stereocenters. The average Bonchev–Trinajstić information content (AvgIpc) is 2.27. The molecule has 1 aromatic rings. The lowest BCUT2D eigenvalue weighted by Crippen LogP contribution is -2.16. The van der Waals surface area contributed by atoms with Crippen molar-refractivity contribution >= 4 is 17.3 Å². The predicted octanol–water partition coefficient (Wildman–Crippen LogP) is 3.82. The van der Waals surface area contributed by atoms with E-state index in [1.807, 2.05) is 12.1 Å². The van der Waals surface area contributed by atoms with Crippen LogP contribution in [0, 0.1) is 0 Å². The lowest BCUT2D eigenvalue weighted by atomic mass is 9.80. The van der Waals surface area contributed by atoms with E-state index in [0.717, 1.165) is 17.3 Å². The van der Waals surface area contributed by atoms with Crippen LogP contribution in [-0.4, -0.2) is 6.54 Å². The molecular weight excluding hydrogens is 194 g/mol. The lowest BCUT2D eigenvalue weighted by molar-refractivity contribution is 0.478. The van der Waals surface area contributed by atoms with Gasteiger partial charge in [0.15, 0.2) is 0 Å². The van der Waals surface area contributed by atoms with E-state index < -0.39 is 0 Å². The number of fused-ring (bicyclic) bond motifs is 1. The molecule has 0 aromatic heterocycles. The zero-order valence-electron chi connectivity index (χ0n) is 8.73. The van der Waals surface area contributed by atoms with Crippen molar-refractivity contribution in [2.24, 2.45) is 0 Å². The van der Waals surface area contributed by atoms with Gasteiger partial charge in [-0.1, -0.05) is 37.6 Å². The summed E-state index contributed by atoms with van der Waals surface area (Å²) in [7, 11) is 0. The van der Waals surface area contributed by atoms with Crippen molar-refractivity contribution < 1.29 is 0 Å². The fraction of sp³-hybridized carbons (Fsp3) is 0.500. The zero-order valence-corrected chi connectivity index (χ0v) is 9.49. The number of hydrogen-bond donors (Lipinski definition) is 1. The van der Waals surface area contributed by atoms with Gasteiger partial charge in [0.1, 0.15) is 0 Å². The van der Waals surface area contributed by atoms with Crippen LogP contribution in [0.3, 0.4) is 0 Å². The van der Waals surface area contributed by atoms with Crippen LogP contribution in [0.1, 0.15) is 32.3 Å². The third kappa shape index (κ3) is 1.61. The molecule has 1 nitrogen and oxygen atoms in total. The van der Waals surface area contributed by atoms with Crippen LogP contribution in [0.5, 0.6) is 0 Å². The van der Waals surface area contributed by atoms with Gasteiger partial charge in [-0.3, -0.25) is 0 Å². The Morgan fingerprint density at radius 1 is 1.36 bits per heavy atom. The van der Waals surface area contributed by atoms with E-state index in [4.69, 9.17) is 11.6 Å². The zero-order chi connectivity index (χ0) is 10.2. The highest BCUT2D eigenvalue weighted by Crippen LogP contribution is 2.39. The van der Waals surface area contributed by atoms with E-state index in [0.29, 0.717) is 0 Å². The van der Waals surface area contributed by atoms with Crippen molar-refractivity contribution in [2.45, 2.75) is 32.1 Å². The van der Waals surface area contributed by atoms with Crippen molar-refractivity contribution in [1.29, 1.82) is 0 Å². The Hall–Kier alpha value is -0.690. The molecule has 1 aromatic carbocycles. The Bertz CT molecular complexity index is 344. The van der Waals surface area contributed by atoms with Crippen molar-refractivity contribution in [1.82, 2.24) is 0 Å². The first-order chi connectivity index (χ1) is 6.61. The number of anilines is 1. The number of rotatable bonds is 0. The SMILES string of the molecule is CC1(C)CCCNc2c(Cl)cccc21. The van der Waals surface area contributed by atoms with Crippen LogP contribution in [0.4, 0.5) is 5.69 Å². The van der Waals surface area contributed by atoms with E-state index in [2.05, 4.69) is 25.2 Å². The topological polar surface area (TPSA) is 12.0 Å². The first-order valence-corrected chi connectivity index (χ1v) is 5.52. The molecular formula is C12H16ClN. The Morgan fingerprint density at radius 2 is 2.14 bits per heavy atom. The van der Waals surface area contributed by atoms with E-state index in [-0.39, 0.29) is 5.41 Å². The minimum atomic E-state index is 0.240. The molecule has 1 aliphatic heterocycles. The number of hydrogen-bond acceptors (Lipinski definition) is 1. The molecule has 2 heteroatoms. The minimum Gasteiger partial charge on any atom is -0.384 e. The summed E-state index contributed by atoms with van der Waals surface area (Å²) in [5, 5.41) is 4.26. The number of benzene rings is 1. The predicted molar refractivity (Wildman–Crippen MR) is 62.2 cm³/mol. The van der Waals surface area contributed by atoms with E-state index >= 15 is 0 Å². The van der Waals surface area contributed by atoms with E-state index in [1.165, 1.54) is 18.4 Å². The molecule has 2 rings (SSSR count). The third-order valence-corrected chi connectivity index (χ3v) is 3.34. The number of nitrogens with one attached hydrogen (secondary N) is 1. The Kier molecular flexibility index (Phi) is 2.44. The quantitative estimate of drug-likeness (QED) is 0.685. The molecule has 0 saturated heterocycles. The molecule has 14 heavy (non-hydrogen) atoms. The smallest absolute Gasteiger partial charge is 0.0640 e. The largest absolute Gasteiger partial charge is 0.384 e. The first kappa shape index (κ1) is 9.85. The van der Waals surface area contributed by atoms with Gasteiger partial charge in [0.05, 0.1) is 10.7 Å². The highest BCUT2D eigenvalue weighted by atomic mass is 35.5. The van der Waals surface area contributed by atoms with E-state index in [1.54, 1.807) is 0 Å². The maximum Gasteiger partial charge on any atom is 0.0640 e.